The van der Waals surface area contributed by atoms with Crippen LogP contribution < -0.4 is 19.5 Å². The van der Waals surface area contributed by atoms with Crippen LogP contribution in [0.15, 0.2) is 48.5 Å². The second kappa shape index (κ2) is 6.39. The Bertz CT molecular complexity index is 657. The molecule has 0 radical (unpaired) electrons. The van der Waals surface area contributed by atoms with Crippen LogP contribution in [0.3, 0.4) is 0 Å². The van der Waals surface area contributed by atoms with Gasteiger partial charge in [0.15, 0.2) is 17.6 Å². The molecule has 1 amide bonds. The average molecular weight is 299 g/mol. The number of para-hydroxylation sites is 1. The first-order valence-electron chi connectivity index (χ1n) is 7.10. The molecular formula is C17H17NO4. The van der Waals surface area contributed by atoms with Gasteiger partial charge >= 0.3 is 0 Å². The quantitative estimate of drug-likeness (QED) is 0.921. The van der Waals surface area contributed by atoms with Gasteiger partial charge in [0.1, 0.15) is 5.75 Å². The number of hydrogen-bond acceptors (Lipinski definition) is 4. The molecule has 0 aromatic heterocycles. The van der Waals surface area contributed by atoms with Gasteiger partial charge in [-0.1, -0.05) is 24.3 Å². The zero-order valence-corrected chi connectivity index (χ0v) is 12.2. The van der Waals surface area contributed by atoms with Crippen LogP contribution in [-0.2, 0) is 11.3 Å². The monoisotopic (exact) mass is 299 g/mol. The molecule has 1 aliphatic rings. The molecule has 3 rings (SSSR count). The van der Waals surface area contributed by atoms with Crippen LogP contribution in [0.5, 0.6) is 17.2 Å². The van der Waals surface area contributed by atoms with Crippen LogP contribution in [0.1, 0.15) is 12.5 Å². The molecule has 5 heteroatoms. The van der Waals surface area contributed by atoms with E-state index in [9.17, 15) is 4.79 Å². The van der Waals surface area contributed by atoms with Crippen molar-refractivity contribution in [3.63, 3.8) is 0 Å². The lowest BCUT2D eigenvalue weighted by molar-refractivity contribution is -0.127. The number of ether oxygens (including phenoxy) is 3. The van der Waals surface area contributed by atoms with Crippen LogP contribution in [0.2, 0.25) is 0 Å². The summed E-state index contributed by atoms with van der Waals surface area (Å²) in [6, 6.07) is 14.9. The fourth-order valence-corrected chi connectivity index (χ4v) is 2.14. The van der Waals surface area contributed by atoms with E-state index in [4.69, 9.17) is 14.2 Å². The van der Waals surface area contributed by atoms with Crippen LogP contribution >= 0.6 is 0 Å². The number of hydrogen-bond donors (Lipinski definition) is 1. The van der Waals surface area contributed by atoms with E-state index >= 15 is 0 Å². The van der Waals surface area contributed by atoms with Crippen molar-refractivity contribution >= 4 is 5.91 Å². The molecule has 1 unspecified atom stereocenters. The molecule has 0 spiro atoms. The third-order valence-corrected chi connectivity index (χ3v) is 3.33. The van der Waals surface area contributed by atoms with Gasteiger partial charge in [0.05, 0.1) is 0 Å². The highest BCUT2D eigenvalue weighted by Crippen LogP contribution is 2.32. The van der Waals surface area contributed by atoms with Gasteiger partial charge in [0.25, 0.3) is 5.91 Å². The lowest BCUT2D eigenvalue weighted by Crippen LogP contribution is -2.35. The molecule has 2 aromatic carbocycles. The fraction of sp³-hybridized carbons (Fsp3) is 0.235. The molecule has 1 atom stereocenters. The Morgan fingerprint density at radius 3 is 2.77 bits per heavy atom. The van der Waals surface area contributed by atoms with Crippen molar-refractivity contribution in [1.82, 2.24) is 5.32 Å². The van der Waals surface area contributed by atoms with Gasteiger partial charge in [-0.2, -0.15) is 0 Å². The first-order valence-corrected chi connectivity index (χ1v) is 7.10. The molecule has 114 valence electrons. The molecule has 0 saturated carbocycles. The molecule has 0 saturated heterocycles. The minimum Gasteiger partial charge on any atom is -0.481 e. The van der Waals surface area contributed by atoms with Crippen molar-refractivity contribution in [1.29, 1.82) is 0 Å². The molecule has 22 heavy (non-hydrogen) atoms. The number of amides is 1. The standard InChI is InChI=1S/C17H17NO4/c1-12(22-14-5-3-2-4-6-14)17(19)18-10-13-7-8-15-16(9-13)21-11-20-15/h2-9,12H,10-11H2,1H3,(H,18,19). The zero-order chi connectivity index (χ0) is 15.4. The highest BCUT2D eigenvalue weighted by molar-refractivity contribution is 5.80. The highest BCUT2D eigenvalue weighted by Gasteiger charge is 2.16. The van der Waals surface area contributed by atoms with Crippen molar-refractivity contribution in [2.45, 2.75) is 19.6 Å². The predicted octanol–water partition coefficient (Wildman–Crippen LogP) is 2.50. The third kappa shape index (κ3) is 3.31. The maximum Gasteiger partial charge on any atom is 0.261 e. The second-order valence-electron chi connectivity index (χ2n) is 4.98. The Balaban J connectivity index is 1.53. The molecule has 0 aliphatic carbocycles. The number of fused-ring (bicyclic) bond motifs is 1. The first kappa shape index (κ1) is 14.3. The van der Waals surface area contributed by atoms with Crippen LogP contribution in [-0.4, -0.2) is 18.8 Å². The largest absolute Gasteiger partial charge is 0.481 e. The molecule has 2 aromatic rings. The number of rotatable bonds is 5. The fourth-order valence-electron chi connectivity index (χ4n) is 2.14. The van der Waals surface area contributed by atoms with Gasteiger partial charge in [-0.05, 0) is 36.8 Å². The summed E-state index contributed by atoms with van der Waals surface area (Å²) in [6.45, 7) is 2.38. The van der Waals surface area contributed by atoms with Gasteiger partial charge in [0.2, 0.25) is 6.79 Å². The van der Waals surface area contributed by atoms with Crippen molar-refractivity contribution in [3.05, 3.63) is 54.1 Å². The lowest BCUT2D eigenvalue weighted by atomic mass is 10.2. The summed E-state index contributed by atoms with van der Waals surface area (Å²) >= 11 is 0. The SMILES string of the molecule is CC(Oc1ccccc1)C(=O)NCc1ccc2c(c1)OCO2. The summed E-state index contributed by atoms with van der Waals surface area (Å²) in [6.07, 6.45) is -0.559. The predicted molar refractivity (Wildman–Crippen MR) is 80.9 cm³/mol. The summed E-state index contributed by atoms with van der Waals surface area (Å²) in [4.78, 5) is 12.1. The molecule has 1 heterocycles. The zero-order valence-electron chi connectivity index (χ0n) is 12.2. The molecule has 5 nitrogen and oxygen atoms in total. The van der Waals surface area contributed by atoms with Crippen molar-refractivity contribution in [3.8, 4) is 17.2 Å². The Morgan fingerprint density at radius 2 is 1.95 bits per heavy atom. The normalized spacial score (nSPS) is 13.5. The van der Waals surface area contributed by atoms with Crippen LogP contribution in [0, 0.1) is 0 Å². The molecule has 0 bridgehead atoms. The smallest absolute Gasteiger partial charge is 0.261 e. The number of nitrogens with one attached hydrogen (secondary N) is 1. The summed E-state index contributed by atoms with van der Waals surface area (Å²) in [5.41, 5.74) is 0.949. The van der Waals surface area contributed by atoms with Gasteiger partial charge in [-0.15, -0.1) is 0 Å². The Labute approximate surface area is 128 Å². The number of carbonyl (C=O) groups excluding carboxylic acids is 1. The third-order valence-electron chi connectivity index (χ3n) is 3.33. The van der Waals surface area contributed by atoms with Gasteiger partial charge in [-0.3, -0.25) is 4.79 Å². The maximum absolute atomic E-state index is 12.1. The molecule has 1 aliphatic heterocycles. The van der Waals surface area contributed by atoms with Gasteiger partial charge in [0, 0.05) is 6.54 Å². The van der Waals surface area contributed by atoms with E-state index in [-0.39, 0.29) is 12.7 Å². The summed E-state index contributed by atoms with van der Waals surface area (Å²) in [7, 11) is 0. The van der Waals surface area contributed by atoms with Crippen LogP contribution in [0.25, 0.3) is 0 Å². The highest BCUT2D eigenvalue weighted by atomic mass is 16.7. The Morgan fingerprint density at radius 1 is 1.18 bits per heavy atom. The van der Waals surface area contributed by atoms with Crippen molar-refractivity contribution in [2.24, 2.45) is 0 Å². The summed E-state index contributed by atoms with van der Waals surface area (Å²) < 4.78 is 16.1. The van der Waals surface area contributed by atoms with E-state index in [0.717, 1.165) is 11.3 Å². The minimum absolute atomic E-state index is 0.165. The van der Waals surface area contributed by atoms with Gasteiger partial charge < -0.3 is 19.5 Å². The van der Waals surface area contributed by atoms with Crippen LogP contribution in [0.4, 0.5) is 0 Å². The summed E-state index contributed by atoms with van der Waals surface area (Å²) in [5.74, 6) is 1.95. The Kier molecular flexibility index (Phi) is 4.14. The molecule has 1 N–H and O–H groups in total. The van der Waals surface area contributed by atoms with Crippen molar-refractivity contribution in [2.75, 3.05) is 6.79 Å². The average Bonchev–Trinajstić information content (AvgIpc) is 3.01. The Hall–Kier alpha value is -2.69. The van der Waals surface area contributed by atoms with E-state index in [0.29, 0.717) is 18.0 Å². The lowest BCUT2D eigenvalue weighted by Gasteiger charge is -2.14. The summed E-state index contributed by atoms with van der Waals surface area (Å²) in [5, 5.41) is 2.85. The minimum atomic E-state index is -0.559. The van der Waals surface area contributed by atoms with Crippen molar-refractivity contribution < 1.29 is 19.0 Å². The number of benzene rings is 2. The second-order valence-corrected chi connectivity index (χ2v) is 4.98. The topological polar surface area (TPSA) is 56.8 Å². The van der Waals surface area contributed by atoms with E-state index in [1.807, 2.05) is 48.5 Å². The van der Waals surface area contributed by atoms with E-state index < -0.39 is 6.10 Å². The number of carbonyl (C=O) groups is 1. The first-order chi connectivity index (χ1) is 10.7. The van der Waals surface area contributed by atoms with E-state index in [2.05, 4.69) is 5.32 Å². The van der Waals surface area contributed by atoms with Gasteiger partial charge in [-0.25, -0.2) is 0 Å². The van der Waals surface area contributed by atoms with E-state index in [1.165, 1.54) is 0 Å². The van der Waals surface area contributed by atoms with E-state index in [1.54, 1.807) is 6.92 Å². The molecular weight excluding hydrogens is 282 g/mol. The molecule has 0 fully saturated rings. The maximum atomic E-state index is 12.1.